The van der Waals surface area contributed by atoms with Gasteiger partial charge in [0.15, 0.2) is 0 Å². The van der Waals surface area contributed by atoms with Crippen LogP contribution < -0.4 is 5.32 Å². The lowest BCUT2D eigenvalue weighted by Crippen LogP contribution is -2.22. The van der Waals surface area contributed by atoms with Crippen molar-refractivity contribution in [2.75, 3.05) is 23.4 Å². The van der Waals surface area contributed by atoms with Crippen LogP contribution in [0.25, 0.3) is 0 Å². The predicted octanol–water partition coefficient (Wildman–Crippen LogP) is 4.38. The molecule has 3 nitrogen and oxygen atoms in total. The maximum Gasteiger partial charge on any atom is 0.145 e. The van der Waals surface area contributed by atoms with Gasteiger partial charge < -0.3 is 5.32 Å². The number of rotatable bonds is 5. The highest BCUT2D eigenvalue weighted by Crippen LogP contribution is 2.43. The molecule has 2 heterocycles. The van der Waals surface area contributed by atoms with Crippen LogP contribution in [-0.2, 0) is 6.42 Å². The molecule has 1 aromatic rings. The van der Waals surface area contributed by atoms with E-state index >= 15 is 0 Å². The van der Waals surface area contributed by atoms with Crippen molar-refractivity contribution in [3.05, 3.63) is 15.1 Å². The number of thioether (sulfide) groups is 2. The molecule has 0 saturated carbocycles. The molecule has 1 aromatic heterocycles. The summed E-state index contributed by atoms with van der Waals surface area (Å²) in [6.07, 6.45) is 2.16. The fraction of sp³-hybridized carbons (Fsp3) is 0.714. The van der Waals surface area contributed by atoms with Crippen molar-refractivity contribution in [1.82, 2.24) is 9.97 Å². The molecule has 1 saturated heterocycles. The van der Waals surface area contributed by atoms with Gasteiger partial charge in [0.2, 0.25) is 0 Å². The Kier molecular flexibility index (Phi) is 6.74. The van der Waals surface area contributed by atoms with Gasteiger partial charge in [-0.1, -0.05) is 13.8 Å². The lowest BCUT2D eigenvalue weighted by atomic mass is 10.2. The number of anilines is 1. The first kappa shape index (κ1) is 16.7. The molecule has 1 N–H and O–H groups in total. The van der Waals surface area contributed by atoms with E-state index in [9.17, 15) is 0 Å². The van der Waals surface area contributed by atoms with Crippen molar-refractivity contribution in [2.45, 2.75) is 44.1 Å². The summed E-state index contributed by atoms with van der Waals surface area (Å²) >= 11 is 6.47. The Labute approximate surface area is 144 Å². The molecule has 1 aliphatic rings. The number of hydrogen-bond acceptors (Lipinski definition) is 5. The fourth-order valence-corrected chi connectivity index (χ4v) is 6.11. The molecule has 0 bridgehead atoms. The van der Waals surface area contributed by atoms with Gasteiger partial charge in [0.05, 0.1) is 14.5 Å². The summed E-state index contributed by atoms with van der Waals surface area (Å²) in [6.45, 7) is 7.46. The van der Waals surface area contributed by atoms with E-state index in [0.717, 1.165) is 24.6 Å². The van der Waals surface area contributed by atoms with E-state index in [4.69, 9.17) is 9.97 Å². The second kappa shape index (κ2) is 8.08. The van der Waals surface area contributed by atoms with Crippen molar-refractivity contribution in [1.29, 1.82) is 0 Å². The lowest BCUT2D eigenvalue weighted by Gasteiger charge is -2.29. The zero-order chi connectivity index (χ0) is 14.5. The van der Waals surface area contributed by atoms with Crippen LogP contribution in [0.4, 0.5) is 5.82 Å². The third kappa shape index (κ3) is 3.74. The minimum absolute atomic E-state index is 0.443. The zero-order valence-corrected chi connectivity index (χ0v) is 16.1. The number of aryl methyl sites for hydroxylation is 1. The first-order valence-corrected chi connectivity index (χ1v) is 10.4. The van der Waals surface area contributed by atoms with Gasteiger partial charge in [0, 0.05) is 23.3 Å². The van der Waals surface area contributed by atoms with E-state index < -0.39 is 0 Å². The van der Waals surface area contributed by atoms with E-state index in [-0.39, 0.29) is 0 Å². The molecule has 6 heteroatoms. The monoisotopic (exact) mass is 423 g/mol. The molecule has 2 unspecified atom stereocenters. The molecule has 112 valence electrons. The van der Waals surface area contributed by atoms with E-state index in [1.165, 1.54) is 27.2 Å². The first-order valence-electron chi connectivity index (χ1n) is 7.24. The van der Waals surface area contributed by atoms with Gasteiger partial charge in [-0.25, -0.2) is 9.97 Å². The number of halogens is 1. The van der Waals surface area contributed by atoms with Crippen LogP contribution in [0.1, 0.15) is 44.0 Å². The van der Waals surface area contributed by atoms with Crippen LogP contribution in [0.2, 0.25) is 0 Å². The Morgan fingerprint density at radius 2 is 1.95 bits per heavy atom. The molecule has 0 aliphatic carbocycles. The second-order valence-electron chi connectivity index (χ2n) is 4.68. The quantitative estimate of drug-likeness (QED) is 0.712. The normalized spacial score (nSPS) is 22.8. The van der Waals surface area contributed by atoms with E-state index in [2.05, 4.69) is 60.4 Å². The largest absolute Gasteiger partial charge is 0.369 e. The van der Waals surface area contributed by atoms with Crippen molar-refractivity contribution >= 4 is 51.9 Å². The highest BCUT2D eigenvalue weighted by atomic mass is 127. The van der Waals surface area contributed by atoms with Gasteiger partial charge in [-0.2, -0.15) is 11.8 Å². The lowest BCUT2D eigenvalue weighted by molar-refractivity contribution is 0.739. The molecule has 0 amide bonds. The summed E-state index contributed by atoms with van der Waals surface area (Å²) in [4.78, 5) is 9.69. The van der Waals surface area contributed by atoms with Gasteiger partial charge in [0.1, 0.15) is 11.6 Å². The molecule has 0 radical (unpaired) electrons. The minimum atomic E-state index is 0.443. The Balaban J connectivity index is 2.36. The van der Waals surface area contributed by atoms with Gasteiger partial charge in [-0.15, -0.1) is 11.8 Å². The van der Waals surface area contributed by atoms with E-state index in [1.54, 1.807) is 0 Å². The van der Waals surface area contributed by atoms with Gasteiger partial charge in [-0.05, 0) is 42.4 Å². The molecule has 1 aliphatic heterocycles. The average Bonchev–Trinajstić information content (AvgIpc) is 2.49. The average molecular weight is 423 g/mol. The van der Waals surface area contributed by atoms with Crippen LogP contribution in [0.15, 0.2) is 0 Å². The van der Waals surface area contributed by atoms with Crippen LogP contribution in [0.3, 0.4) is 0 Å². The Morgan fingerprint density at radius 1 is 1.20 bits per heavy atom. The number of nitrogens with one attached hydrogen (secondary N) is 1. The first-order chi connectivity index (χ1) is 9.71. The highest BCUT2D eigenvalue weighted by molar-refractivity contribution is 14.1. The maximum absolute atomic E-state index is 4.86. The SMILES string of the molecule is CCNc1nc(C2SCCSC2CC)nc(CC)c1I. The predicted molar refractivity (Wildman–Crippen MR) is 100 cm³/mol. The molecular weight excluding hydrogens is 401 g/mol. The molecular formula is C14H22IN3S2. The summed E-state index contributed by atoms with van der Waals surface area (Å²) in [6, 6.07) is 0. The fourth-order valence-electron chi connectivity index (χ4n) is 2.30. The number of aromatic nitrogens is 2. The van der Waals surface area contributed by atoms with Crippen molar-refractivity contribution in [3.8, 4) is 0 Å². The minimum Gasteiger partial charge on any atom is -0.369 e. The topological polar surface area (TPSA) is 37.8 Å². The Bertz CT molecular complexity index is 456. The third-order valence-electron chi connectivity index (χ3n) is 3.32. The number of nitrogens with zero attached hydrogens (tertiary/aromatic N) is 2. The molecule has 20 heavy (non-hydrogen) atoms. The van der Waals surface area contributed by atoms with E-state index in [1.807, 2.05) is 11.8 Å². The van der Waals surface area contributed by atoms with Gasteiger partial charge in [-0.3, -0.25) is 0 Å². The van der Waals surface area contributed by atoms with Crippen LogP contribution in [0.5, 0.6) is 0 Å². The summed E-state index contributed by atoms with van der Waals surface area (Å²) in [5.41, 5.74) is 1.18. The van der Waals surface area contributed by atoms with Crippen LogP contribution in [0, 0.1) is 3.57 Å². The van der Waals surface area contributed by atoms with Crippen molar-refractivity contribution in [2.24, 2.45) is 0 Å². The maximum atomic E-state index is 4.86. The summed E-state index contributed by atoms with van der Waals surface area (Å²) in [7, 11) is 0. The van der Waals surface area contributed by atoms with Gasteiger partial charge in [0.25, 0.3) is 0 Å². The van der Waals surface area contributed by atoms with Crippen molar-refractivity contribution in [3.63, 3.8) is 0 Å². The Morgan fingerprint density at radius 3 is 2.60 bits per heavy atom. The summed E-state index contributed by atoms with van der Waals surface area (Å²) in [5.74, 6) is 4.51. The standard InChI is InChI=1S/C14H22IN3S2/c1-4-9-11(15)13(16-6-3)18-14(17-9)12-10(5-2)19-7-8-20-12/h10,12H,4-8H2,1-3H3,(H,16,17,18). The van der Waals surface area contributed by atoms with Crippen LogP contribution >= 0.6 is 46.1 Å². The zero-order valence-electron chi connectivity index (χ0n) is 12.3. The molecule has 0 aromatic carbocycles. The molecule has 0 spiro atoms. The summed E-state index contributed by atoms with van der Waals surface area (Å²) in [5, 5.41) is 4.48. The van der Waals surface area contributed by atoms with Crippen molar-refractivity contribution < 1.29 is 0 Å². The molecule has 2 atom stereocenters. The third-order valence-corrected chi connectivity index (χ3v) is 7.70. The van der Waals surface area contributed by atoms with Crippen LogP contribution in [-0.4, -0.2) is 33.3 Å². The highest BCUT2D eigenvalue weighted by Gasteiger charge is 2.29. The Hall–Kier alpha value is 0.310. The van der Waals surface area contributed by atoms with Gasteiger partial charge >= 0.3 is 0 Å². The number of hydrogen-bond donors (Lipinski definition) is 1. The second-order valence-corrected chi connectivity index (χ2v) is 8.36. The summed E-state index contributed by atoms with van der Waals surface area (Å²) < 4.78 is 1.18. The van der Waals surface area contributed by atoms with E-state index in [0.29, 0.717) is 10.5 Å². The molecule has 1 fully saturated rings. The molecule has 2 rings (SSSR count). The smallest absolute Gasteiger partial charge is 0.145 e.